The highest BCUT2D eigenvalue weighted by Crippen LogP contribution is 2.27. The van der Waals surface area contributed by atoms with Crippen LogP contribution in [-0.2, 0) is 0 Å². The highest BCUT2D eigenvalue weighted by Gasteiger charge is 2.22. The van der Waals surface area contributed by atoms with Gasteiger partial charge in [0.2, 0.25) is 0 Å². The van der Waals surface area contributed by atoms with Gasteiger partial charge in [0.15, 0.2) is 0 Å². The van der Waals surface area contributed by atoms with E-state index in [0.29, 0.717) is 17.2 Å². The average molecular weight is 254 g/mol. The molecule has 2 nitrogen and oxygen atoms in total. The van der Waals surface area contributed by atoms with Crippen molar-refractivity contribution in [3.05, 3.63) is 29.3 Å². The van der Waals surface area contributed by atoms with Gasteiger partial charge < -0.3 is 10.1 Å². The molecule has 1 heterocycles. The summed E-state index contributed by atoms with van der Waals surface area (Å²) in [5.41, 5.74) is 0. The number of para-hydroxylation sites is 1. The predicted molar refractivity (Wildman–Crippen MR) is 71.8 cm³/mol. The largest absolute Gasteiger partial charge is 0.489 e. The van der Waals surface area contributed by atoms with E-state index in [2.05, 4.69) is 12.2 Å². The van der Waals surface area contributed by atoms with Gasteiger partial charge in [-0.2, -0.15) is 0 Å². The summed E-state index contributed by atoms with van der Waals surface area (Å²) in [5, 5.41) is 4.24. The maximum atomic E-state index is 6.10. The molecule has 0 saturated carbocycles. The third-order valence-corrected chi connectivity index (χ3v) is 3.53. The Kier molecular flexibility index (Phi) is 4.69. The highest BCUT2D eigenvalue weighted by atomic mass is 35.5. The molecule has 3 heteroatoms. The van der Waals surface area contributed by atoms with Gasteiger partial charge in [0.1, 0.15) is 11.9 Å². The van der Waals surface area contributed by atoms with Crippen molar-refractivity contribution in [2.75, 3.05) is 6.54 Å². The maximum absolute atomic E-state index is 6.10. The highest BCUT2D eigenvalue weighted by molar-refractivity contribution is 6.32. The molecule has 17 heavy (non-hydrogen) atoms. The summed E-state index contributed by atoms with van der Waals surface area (Å²) in [5.74, 6) is 0.816. The van der Waals surface area contributed by atoms with Crippen LogP contribution in [0, 0.1) is 0 Å². The van der Waals surface area contributed by atoms with Gasteiger partial charge in [-0.25, -0.2) is 0 Å². The van der Waals surface area contributed by atoms with Crippen LogP contribution < -0.4 is 10.1 Å². The van der Waals surface area contributed by atoms with Crippen molar-refractivity contribution in [1.82, 2.24) is 5.32 Å². The first-order chi connectivity index (χ1) is 8.29. The quantitative estimate of drug-likeness (QED) is 0.885. The Morgan fingerprint density at radius 3 is 3.00 bits per heavy atom. The Labute approximate surface area is 108 Å². The molecule has 0 amide bonds. The molecule has 1 fully saturated rings. The number of ether oxygens (including phenoxy) is 1. The fourth-order valence-corrected chi connectivity index (χ4v) is 2.54. The summed E-state index contributed by atoms with van der Waals surface area (Å²) in [6.07, 6.45) is 4.89. The number of halogens is 1. The lowest BCUT2D eigenvalue weighted by Gasteiger charge is -2.30. The summed E-state index contributed by atoms with van der Waals surface area (Å²) in [6.45, 7) is 3.26. The van der Waals surface area contributed by atoms with E-state index in [4.69, 9.17) is 16.3 Å². The molecule has 1 aromatic rings. The van der Waals surface area contributed by atoms with Crippen molar-refractivity contribution in [2.45, 2.75) is 44.8 Å². The second-order valence-electron chi connectivity index (χ2n) is 4.63. The van der Waals surface area contributed by atoms with Gasteiger partial charge in [0.25, 0.3) is 0 Å². The predicted octanol–water partition coefficient (Wildman–Crippen LogP) is 3.64. The van der Waals surface area contributed by atoms with Crippen LogP contribution in [0.1, 0.15) is 32.6 Å². The van der Waals surface area contributed by atoms with Crippen LogP contribution in [0.4, 0.5) is 0 Å². The monoisotopic (exact) mass is 253 g/mol. The van der Waals surface area contributed by atoms with Gasteiger partial charge in [-0.3, -0.25) is 0 Å². The minimum atomic E-state index is 0.299. The molecule has 0 radical (unpaired) electrons. The molecule has 2 rings (SSSR count). The molecule has 2 atom stereocenters. The van der Waals surface area contributed by atoms with Crippen LogP contribution in [-0.4, -0.2) is 18.7 Å². The standard InChI is InChI=1S/C14H20ClNO/c1-2-5-11-10-12(8-9-16-11)17-14-7-4-3-6-13(14)15/h3-4,6-7,11-12,16H,2,5,8-10H2,1H3/t11-,12-/m0/s1. The molecular weight excluding hydrogens is 234 g/mol. The summed E-state index contributed by atoms with van der Waals surface area (Å²) in [4.78, 5) is 0. The molecule has 0 bridgehead atoms. The van der Waals surface area contributed by atoms with Crippen LogP contribution in [0.2, 0.25) is 5.02 Å². The second-order valence-corrected chi connectivity index (χ2v) is 5.04. The molecule has 0 aromatic heterocycles. The van der Waals surface area contributed by atoms with E-state index < -0.39 is 0 Å². The summed E-state index contributed by atoms with van der Waals surface area (Å²) < 4.78 is 5.99. The lowest BCUT2D eigenvalue weighted by atomic mass is 9.98. The zero-order valence-corrected chi connectivity index (χ0v) is 11.0. The summed E-state index contributed by atoms with van der Waals surface area (Å²) in [6, 6.07) is 8.31. The number of nitrogens with one attached hydrogen (secondary N) is 1. The molecule has 0 spiro atoms. The van der Waals surface area contributed by atoms with Crippen LogP contribution >= 0.6 is 11.6 Å². The van der Waals surface area contributed by atoms with E-state index in [0.717, 1.165) is 25.1 Å². The zero-order valence-electron chi connectivity index (χ0n) is 10.3. The van der Waals surface area contributed by atoms with Crippen molar-refractivity contribution < 1.29 is 4.74 Å². The van der Waals surface area contributed by atoms with Crippen molar-refractivity contribution in [2.24, 2.45) is 0 Å². The number of hydrogen-bond acceptors (Lipinski definition) is 2. The Morgan fingerprint density at radius 1 is 1.41 bits per heavy atom. The van der Waals surface area contributed by atoms with Crippen molar-refractivity contribution in [3.8, 4) is 5.75 Å². The molecule has 94 valence electrons. The Hall–Kier alpha value is -0.730. The molecule has 1 aliphatic rings. The lowest BCUT2D eigenvalue weighted by molar-refractivity contribution is 0.137. The maximum Gasteiger partial charge on any atom is 0.138 e. The Morgan fingerprint density at radius 2 is 2.24 bits per heavy atom. The topological polar surface area (TPSA) is 21.3 Å². The Balaban J connectivity index is 1.92. The minimum absolute atomic E-state index is 0.299. The van der Waals surface area contributed by atoms with Gasteiger partial charge >= 0.3 is 0 Å². The van der Waals surface area contributed by atoms with Gasteiger partial charge in [0.05, 0.1) is 5.02 Å². The number of benzene rings is 1. The first-order valence-corrected chi connectivity index (χ1v) is 6.82. The fourth-order valence-electron chi connectivity index (χ4n) is 2.36. The third-order valence-electron chi connectivity index (χ3n) is 3.21. The summed E-state index contributed by atoms with van der Waals surface area (Å²) >= 11 is 6.10. The third kappa shape index (κ3) is 3.62. The second kappa shape index (κ2) is 6.27. The number of piperidine rings is 1. The average Bonchev–Trinajstić information content (AvgIpc) is 2.33. The first kappa shape index (κ1) is 12.7. The lowest BCUT2D eigenvalue weighted by Crippen LogP contribution is -2.42. The molecule has 0 aliphatic carbocycles. The van der Waals surface area contributed by atoms with Crippen molar-refractivity contribution in [3.63, 3.8) is 0 Å². The molecule has 1 N–H and O–H groups in total. The molecule has 1 saturated heterocycles. The van der Waals surface area contributed by atoms with Gasteiger partial charge in [0, 0.05) is 6.04 Å². The first-order valence-electron chi connectivity index (χ1n) is 6.44. The van der Waals surface area contributed by atoms with Gasteiger partial charge in [-0.05, 0) is 37.9 Å². The van der Waals surface area contributed by atoms with Crippen molar-refractivity contribution >= 4 is 11.6 Å². The minimum Gasteiger partial charge on any atom is -0.489 e. The van der Waals surface area contributed by atoms with E-state index in [9.17, 15) is 0 Å². The smallest absolute Gasteiger partial charge is 0.138 e. The fraction of sp³-hybridized carbons (Fsp3) is 0.571. The SMILES string of the molecule is CCC[C@H]1C[C@@H](Oc2ccccc2Cl)CCN1. The van der Waals surface area contributed by atoms with E-state index in [1.165, 1.54) is 12.8 Å². The molecule has 0 unspecified atom stereocenters. The molecule has 1 aliphatic heterocycles. The van der Waals surface area contributed by atoms with Crippen molar-refractivity contribution in [1.29, 1.82) is 0 Å². The van der Waals surface area contributed by atoms with E-state index >= 15 is 0 Å². The molecular formula is C14H20ClNO. The van der Waals surface area contributed by atoms with E-state index in [1.54, 1.807) is 0 Å². The van der Waals surface area contributed by atoms with Gasteiger partial charge in [-0.1, -0.05) is 37.1 Å². The van der Waals surface area contributed by atoms with Crippen LogP contribution in [0.3, 0.4) is 0 Å². The van der Waals surface area contributed by atoms with Crippen LogP contribution in [0.15, 0.2) is 24.3 Å². The molecule has 1 aromatic carbocycles. The van der Waals surface area contributed by atoms with E-state index in [-0.39, 0.29) is 0 Å². The van der Waals surface area contributed by atoms with Gasteiger partial charge in [-0.15, -0.1) is 0 Å². The number of hydrogen-bond donors (Lipinski definition) is 1. The van der Waals surface area contributed by atoms with Crippen LogP contribution in [0.25, 0.3) is 0 Å². The van der Waals surface area contributed by atoms with Crippen LogP contribution in [0.5, 0.6) is 5.75 Å². The number of rotatable bonds is 4. The Bertz CT molecular complexity index is 354. The normalized spacial score (nSPS) is 24.6. The van der Waals surface area contributed by atoms with E-state index in [1.807, 2.05) is 24.3 Å². The summed E-state index contributed by atoms with van der Waals surface area (Å²) in [7, 11) is 0. The zero-order chi connectivity index (χ0) is 12.1.